The van der Waals surface area contributed by atoms with Crippen LogP contribution in [0.4, 0.5) is 9.52 Å². The van der Waals surface area contributed by atoms with Gasteiger partial charge in [-0.3, -0.25) is 19.5 Å². The third kappa shape index (κ3) is 4.56. The fourth-order valence-electron chi connectivity index (χ4n) is 4.48. The molecule has 2 amide bonds. The molecule has 0 unspecified atom stereocenters. The zero-order valence-corrected chi connectivity index (χ0v) is 20.3. The van der Waals surface area contributed by atoms with E-state index in [1.165, 1.54) is 28.4 Å². The number of carbonyl (C=O) groups excluding carboxylic acids is 2. The molecule has 0 radical (unpaired) electrons. The summed E-state index contributed by atoms with van der Waals surface area (Å²) in [6, 6.07) is 20.6. The number of fused-ring (bicyclic) bond motifs is 2. The topological polar surface area (TPSA) is 88.1 Å². The van der Waals surface area contributed by atoms with Crippen LogP contribution in [0.25, 0.3) is 21.3 Å². The van der Waals surface area contributed by atoms with Crippen LogP contribution in [0.1, 0.15) is 26.3 Å². The van der Waals surface area contributed by atoms with Gasteiger partial charge in [0.15, 0.2) is 0 Å². The van der Waals surface area contributed by atoms with E-state index in [0.717, 1.165) is 26.9 Å². The van der Waals surface area contributed by atoms with Crippen LogP contribution in [0.15, 0.2) is 85.2 Å². The second-order valence-electron chi connectivity index (χ2n) is 8.79. The Balaban J connectivity index is 1.26. The second kappa shape index (κ2) is 9.51. The maximum Gasteiger partial charge on any atom is 0.261 e. The molecule has 9 heteroatoms. The quantitative estimate of drug-likeness (QED) is 0.303. The summed E-state index contributed by atoms with van der Waals surface area (Å²) in [5.74, 6) is -0.973. The van der Waals surface area contributed by atoms with E-state index in [1.54, 1.807) is 42.6 Å². The zero-order chi connectivity index (χ0) is 25.4. The van der Waals surface area contributed by atoms with E-state index in [1.807, 2.05) is 30.5 Å². The summed E-state index contributed by atoms with van der Waals surface area (Å²) in [5, 5.41) is 15.4. The molecule has 0 spiro atoms. The van der Waals surface area contributed by atoms with Crippen molar-refractivity contribution in [3.05, 3.63) is 108 Å². The number of benzene rings is 3. The van der Waals surface area contributed by atoms with Crippen LogP contribution >= 0.6 is 11.3 Å². The monoisotopic (exact) mass is 509 g/mol. The summed E-state index contributed by atoms with van der Waals surface area (Å²) in [7, 11) is 0. The number of aromatic nitrogens is 3. The molecular weight excluding hydrogens is 489 g/mol. The first kappa shape index (κ1) is 22.9. The van der Waals surface area contributed by atoms with Crippen LogP contribution in [-0.2, 0) is 6.42 Å². The van der Waals surface area contributed by atoms with Crippen molar-refractivity contribution in [3.8, 4) is 10.6 Å². The lowest BCUT2D eigenvalue weighted by Crippen LogP contribution is -2.41. The first-order valence-electron chi connectivity index (χ1n) is 11.7. The third-order valence-corrected chi connectivity index (χ3v) is 7.22. The van der Waals surface area contributed by atoms with E-state index in [-0.39, 0.29) is 30.2 Å². The molecule has 0 aliphatic carbocycles. The van der Waals surface area contributed by atoms with Crippen molar-refractivity contribution in [2.24, 2.45) is 0 Å². The van der Waals surface area contributed by atoms with Crippen LogP contribution in [0.3, 0.4) is 0 Å². The lowest BCUT2D eigenvalue weighted by molar-refractivity contribution is 0.0647. The summed E-state index contributed by atoms with van der Waals surface area (Å²) in [6.07, 6.45) is 4.01. The van der Waals surface area contributed by atoms with Gasteiger partial charge in [-0.15, -0.1) is 10.2 Å². The van der Waals surface area contributed by atoms with Crippen molar-refractivity contribution in [1.29, 1.82) is 0 Å². The number of rotatable bonds is 7. The van der Waals surface area contributed by atoms with Gasteiger partial charge in [-0.2, -0.15) is 0 Å². The number of halogens is 1. The summed E-state index contributed by atoms with van der Waals surface area (Å²) in [4.78, 5) is 31.4. The number of hydrogen-bond donors (Lipinski definition) is 1. The number of carbonyl (C=O) groups is 2. The molecule has 2 aromatic heterocycles. The highest BCUT2D eigenvalue weighted by Gasteiger charge is 2.36. The minimum atomic E-state index is -0.365. The Morgan fingerprint density at radius 3 is 2.41 bits per heavy atom. The number of hydrogen-bond acceptors (Lipinski definition) is 7. The van der Waals surface area contributed by atoms with Crippen LogP contribution in [0.2, 0.25) is 0 Å². The van der Waals surface area contributed by atoms with Crippen LogP contribution in [0.5, 0.6) is 0 Å². The summed E-state index contributed by atoms with van der Waals surface area (Å²) in [5.41, 5.74) is 2.60. The number of nitrogens with one attached hydrogen (secondary N) is 1. The first-order chi connectivity index (χ1) is 18.0. The standard InChI is InChI=1S/C28H20FN5O2S/c29-21-9-5-17(6-10-21)13-22(16-34-26(35)23-3-1-2-4-24(23)27(34)36)31-28-33-32-25(37-28)19-7-8-20-15-30-12-11-18(20)14-19/h1-12,14-15,22H,13,16H2,(H,31,33)/t22-/m1/s1. The molecular formula is C28H20FN5O2S. The molecule has 5 aromatic rings. The third-order valence-electron chi connectivity index (χ3n) is 6.32. The van der Waals surface area contributed by atoms with Gasteiger partial charge in [0.1, 0.15) is 10.8 Å². The summed E-state index contributed by atoms with van der Waals surface area (Å²) < 4.78 is 13.5. The Morgan fingerprint density at radius 1 is 0.892 bits per heavy atom. The van der Waals surface area contributed by atoms with Gasteiger partial charge < -0.3 is 5.32 Å². The number of anilines is 1. The van der Waals surface area contributed by atoms with Crippen LogP contribution in [0, 0.1) is 5.82 Å². The van der Waals surface area contributed by atoms with E-state index in [9.17, 15) is 14.0 Å². The average Bonchev–Trinajstić information content (AvgIpc) is 3.48. The zero-order valence-electron chi connectivity index (χ0n) is 19.5. The smallest absolute Gasteiger partial charge is 0.261 e. The Kier molecular flexibility index (Phi) is 5.90. The molecule has 6 rings (SSSR count). The van der Waals surface area contributed by atoms with Crippen LogP contribution < -0.4 is 5.32 Å². The maximum absolute atomic E-state index is 13.5. The van der Waals surface area contributed by atoms with Gasteiger partial charge in [-0.1, -0.05) is 47.7 Å². The minimum Gasteiger partial charge on any atom is -0.355 e. The SMILES string of the molecule is O=C1c2ccccc2C(=O)N1C[C@@H](Cc1ccc(F)cc1)Nc1nnc(-c2ccc3cnccc3c2)s1. The molecule has 1 N–H and O–H groups in total. The van der Waals surface area contributed by atoms with E-state index >= 15 is 0 Å². The predicted octanol–water partition coefficient (Wildman–Crippen LogP) is 5.21. The largest absolute Gasteiger partial charge is 0.355 e. The first-order valence-corrected chi connectivity index (χ1v) is 12.5. The molecule has 37 heavy (non-hydrogen) atoms. The minimum absolute atomic E-state index is 0.127. The predicted molar refractivity (Wildman–Crippen MR) is 140 cm³/mol. The molecule has 1 aliphatic rings. The molecule has 0 bridgehead atoms. The highest BCUT2D eigenvalue weighted by atomic mass is 32.1. The molecule has 0 saturated heterocycles. The van der Waals surface area contributed by atoms with Gasteiger partial charge >= 0.3 is 0 Å². The fourth-order valence-corrected chi connectivity index (χ4v) is 5.30. The molecule has 3 heterocycles. The lowest BCUT2D eigenvalue weighted by atomic mass is 10.1. The van der Waals surface area contributed by atoms with Crippen molar-refractivity contribution < 1.29 is 14.0 Å². The Labute approximate surface area is 215 Å². The molecule has 0 fully saturated rings. The summed E-state index contributed by atoms with van der Waals surface area (Å²) in [6.45, 7) is 0.127. The Hall–Kier alpha value is -4.50. The van der Waals surface area contributed by atoms with Gasteiger partial charge in [-0.25, -0.2) is 4.39 Å². The molecule has 1 aliphatic heterocycles. The van der Waals surface area contributed by atoms with Gasteiger partial charge in [0.05, 0.1) is 17.2 Å². The van der Waals surface area contributed by atoms with Gasteiger partial charge in [-0.05, 0) is 53.8 Å². The average molecular weight is 510 g/mol. The number of amides is 2. The molecule has 7 nitrogen and oxygen atoms in total. The van der Waals surface area contributed by atoms with Crippen molar-refractivity contribution in [2.45, 2.75) is 12.5 Å². The number of nitrogens with zero attached hydrogens (tertiary/aromatic N) is 4. The van der Waals surface area contributed by atoms with Crippen molar-refractivity contribution in [2.75, 3.05) is 11.9 Å². The maximum atomic E-state index is 13.5. The normalized spacial score (nSPS) is 13.7. The molecule has 1 atom stereocenters. The molecule has 3 aromatic carbocycles. The van der Waals surface area contributed by atoms with Gasteiger partial charge in [0.25, 0.3) is 11.8 Å². The fraction of sp³-hybridized carbons (Fsp3) is 0.107. The highest BCUT2D eigenvalue weighted by Crippen LogP contribution is 2.30. The van der Waals surface area contributed by atoms with E-state index in [2.05, 4.69) is 20.5 Å². The van der Waals surface area contributed by atoms with Gasteiger partial charge in [0.2, 0.25) is 5.13 Å². The van der Waals surface area contributed by atoms with Crippen molar-refractivity contribution in [3.63, 3.8) is 0 Å². The molecule has 0 saturated carbocycles. The lowest BCUT2D eigenvalue weighted by Gasteiger charge is -2.23. The van der Waals surface area contributed by atoms with E-state index < -0.39 is 0 Å². The van der Waals surface area contributed by atoms with Crippen molar-refractivity contribution in [1.82, 2.24) is 20.1 Å². The summed E-state index contributed by atoms with van der Waals surface area (Å²) >= 11 is 1.39. The second-order valence-corrected chi connectivity index (χ2v) is 9.77. The van der Waals surface area contributed by atoms with E-state index in [0.29, 0.717) is 22.7 Å². The number of pyridine rings is 1. The number of imide groups is 1. The van der Waals surface area contributed by atoms with Gasteiger partial charge in [0, 0.05) is 29.9 Å². The molecule has 182 valence electrons. The Morgan fingerprint density at radius 2 is 1.65 bits per heavy atom. The Bertz CT molecular complexity index is 1600. The van der Waals surface area contributed by atoms with E-state index in [4.69, 9.17) is 0 Å². The van der Waals surface area contributed by atoms with Crippen LogP contribution in [-0.4, -0.2) is 44.5 Å². The highest BCUT2D eigenvalue weighted by molar-refractivity contribution is 7.18. The van der Waals surface area contributed by atoms with Crippen molar-refractivity contribution >= 4 is 39.1 Å².